The molecule has 1 aromatic carbocycles. The molecule has 3 aromatic rings. The number of carbonyl (C=O) groups is 3. The molecule has 0 radical (unpaired) electrons. The van der Waals surface area contributed by atoms with Crippen LogP contribution in [0.4, 0.5) is 15.4 Å². The number of pyridine rings is 1. The molecule has 0 aliphatic carbocycles. The second kappa shape index (κ2) is 8.74. The number of amides is 3. The lowest BCUT2D eigenvalue weighted by molar-refractivity contribution is -0.136. The maximum atomic E-state index is 11.8. The molecule has 0 saturated carbocycles. The number of rotatable bonds is 6. The first-order chi connectivity index (χ1) is 14.0. The van der Waals surface area contributed by atoms with E-state index in [9.17, 15) is 14.4 Å². The molecule has 2 heterocycles. The summed E-state index contributed by atoms with van der Waals surface area (Å²) in [5, 5.41) is 16.9. The number of hydrogen-bond donors (Lipinski definition) is 4. The van der Waals surface area contributed by atoms with Crippen LogP contribution in [0, 0.1) is 0 Å². The molecule has 150 valence electrons. The lowest BCUT2D eigenvalue weighted by Gasteiger charge is -2.09. The summed E-state index contributed by atoms with van der Waals surface area (Å²) in [6.07, 6.45) is 2.97. The van der Waals surface area contributed by atoms with Crippen LogP contribution in [0.1, 0.15) is 6.42 Å². The second-order valence-electron chi connectivity index (χ2n) is 5.97. The van der Waals surface area contributed by atoms with Crippen LogP contribution in [0.5, 0.6) is 11.5 Å². The van der Waals surface area contributed by atoms with Crippen LogP contribution in [0.3, 0.4) is 0 Å². The Morgan fingerprint density at radius 1 is 1.14 bits per heavy atom. The maximum absolute atomic E-state index is 11.8. The first-order valence-corrected chi connectivity index (χ1v) is 8.70. The number of nitrogens with zero attached hydrogens (tertiary/aromatic N) is 2. The molecule has 0 saturated heterocycles. The van der Waals surface area contributed by atoms with Crippen LogP contribution in [-0.4, -0.2) is 46.3 Å². The van der Waals surface area contributed by atoms with E-state index in [0.717, 1.165) is 10.9 Å². The predicted octanol–water partition coefficient (Wildman–Crippen LogP) is 2.61. The summed E-state index contributed by atoms with van der Waals surface area (Å²) < 4.78 is 7.31. The van der Waals surface area contributed by atoms with Crippen LogP contribution in [-0.2, 0) is 4.79 Å². The molecule has 2 aromatic heterocycles. The molecule has 0 bridgehead atoms. The minimum atomic E-state index is -0.999. The number of hydrogen-bond acceptors (Lipinski definition) is 5. The van der Waals surface area contributed by atoms with Crippen molar-refractivity contribution >= 4 is 34.8 Å². The van der Waals surface area contributed by atoms with Crippen molar-refractivity contribution in [2.24, 2.45) is 0 Å². The number of aromatic nitrogens is 2. The fourth-order valence-corrected chi connectivity index (χ4v) is 2.60. The van der Waals surface area contributed by atoms with Gasteiger partial charge in [-0.2, -0.15) is 0 Å². The van der Waals surface area contributed by atoms with Crippen LogP contribution >= 0.6 is 0 Å². The van der Waals surface area contributed by atoms with Crippen LogP contribution in [0.2, 0.25) is 0 Å². The third kappa shape index (κ3) is 5.01. The lowest BCUT2D eigenvalue weighted by atomic mass is 10.2. The Bertz CT molecular complexity index is 1060. The highest BCUT2D eigenvalue weighted by Gasteiger charge is 2.09. The first kappa shape index (κ1) is 19.7. The molecule has 29 heavy (non-hydrogen) atoms. The largest absolute Gasteiger partial charge is 0.481 e. The molecule has 4 N–H and O–H groups in total. The number of carboxylic acid groups (broad SMARTS) is 1. The van der Waals surface area contributed by atoms with E-state index in [1.54, 1.807) is 43.6 Å². The Hall–Kier alpha value is -4.08. The topological polar surface area (TPSA) is 135 Å². The summed E-state index contributed by atoms with van der Waals surface area (Å²) in [5.74, 6) is 0.254. The highest BCUT2D eigenvalue weighted by Crippen LogP contribution is 2.27. The van der Waals surface area contributed by atoms with E-state index in [0.29, 0.717) is 11.5 Å². The van der Waals surface area contributed by atoms with E-state index in [2.05, 4.69) is 20.9 Å². The van der Waals surface area contributed by atoms with Crippen molar-refractivity contribution in [1.29, 1.82) is 0 Å². The number of fused-ring (bicyclic) bond motifs is 1. The van der Waals surface area contributed by atoms with Crippen molar-refractivity contribution in [3.63, 3.8) is 0 Å². The number of anilines is 1. The minimum absolute atomic E-state index is 0.00702. The van der Waals surface area contributed by atoms with Crippen molar-refractivity contribution in [3.05, 3.63) is 48.8 Å². The summed E-state index contributed by atoms with van der Waals surface area (Å²) in [7, 11) is 1.56. The molecule has 0 aliphatic heterocycles. The van der Waals surface area contributed by atoms with Gasteiger partial charge in [0.15, 0.2) is 0 Å². The van der Waals surface area contributed by atoms with Crippen molar-refractivity contribution in [1.82, 2.24) is 20.2 Å². The van der Waals surface area contributed by atoms with E-state index >= 15 is 0 Å². The van der Waals surface area contributed by atoms with E-state index in [1.807, 2.05) is 0 Å². The van der Waals surface area contributed by atoms with Crippen LogP contribution in [0.15, 0.2) is 48.8 Å². The third-order valence-corrected chi connectivity index (χ3v) is 3.93. The van der Waals surface area contributed by atoms with Gasteiger partial charge in [0, 0.05) is 37.4 Å². The standard InChI is InChI=1S/C19H19N5O5/c1-20-19(28)24-9-6-12-10-13(2-3-15(12)24)29-14-4-7-21-16(11-14)23-18(27)22-8-5-17(25)26/h2-4,6-7,9-11H,5,8H2,1H3,(H,20,28)(H,25,26)(H2,21,22,23,27). The SMILES string of the molecule is CNC(=O)n1ccc2cc(Oc3ccnc(NC(=O)NCCC(=O)O)c3)ccc21. The van der Waals surface area contributed by atoms with Gasteiger partial charge >= 0.3 is 18.0 Å². The van der Waals surface area contributed by atoms with Gasteiger partial charge in [0.2, 0.25) is 0 Å². The summed E-state index contributed by atoms with van der Waals surface area (Å²) in [4.78, 5) is 38.1. The monoisotopic (exact) mass is 397 g/mol. The van der Waals surface area contributed by atoms with Gasteiger partial charge < -0.3 is 20.5 Å². The number of ether oxygens (including phenoxy) is 1. The zero-order valence-corrected chi connectivity index (χ0v) is 15.5. The van der Waals surface area contributed by atoms with E-state index < -0.39 is 12.0 Å². The lowest BCUT2D eigenvalue weighted by Crippen LogP contribution is -2.30. The summed E-state index contributed by atoms with van der Waals surface area (Å²) in [5.41, 5.74) is 0.742. The Morgan fingerprint density at radius 2 is 1.93 bits per heavy atom. The number of urea groups is 1. The molecule has 3 rings (SSSR count). The smallest absolute Gasteiger partial charge is 0.325 e. The number of aliphatic carboxylic acids is 1. The van der Waals surface area contributed by atoms with Gasteiger partial charge in [-0.1, -0.05) is 0 Å². The van der Waals surface area contributed by atoms with Gasteiger partial charge in [-0.05, 0) is 30.3 Å². The average molecular weight is 397 g/mol. The molecular weight excluding hydrogens is 378 g/mol. The highest BCUT2D eigenvalue weighted by molar-refractivity contribution is 5.92. The fraction of sp³-hybridized carbons (Fsp3) is 0.158. The Labute approximate surface area is 165 Å². The Morgan fingerprint density at radius 3 is 2.69 bits per heavy atom. The van der Waals surface area contributed by atoms with Crippen LogP contribution < -0.4 is 20.7 Å². The van der Waals surface area contributed by atoms with Crippen molar-refractivity contribution in [2.45, 2.75) is 6.42 Å². The number of carboxylic acids is 1. The van der Waals surface area contributed by atoms with Gasteiger partial charge in [-0.25, -0.2) is 14.6 Å². The number of nitrogens with one attached hydrogen (secondary N) is 3. The molecule has 0 unspecified atom stereocenters. The van der Waals surface area contributed by atoms with Crippen LogP contribution in [0.25, 0.3) is 10.9 Å². The molecular formula is C19H19N5O5. The second-order valence-corrected chi connectivity index (χ2v) is 5.97. The average Bonchev–Trinajstić information content (AvgIpc) is 3.10. The van der Waals surface area contributed by atoms with Gasteiger partial charge in [0.05, 0.1) is 11.9 Å². The minimum Gasteiger partial charge on any atom is -0.481 e. The molecule has 0 spiro atoms. The normalized spacial score (nSPS) is 10.4. The summed E-state index contributed by atoms with van der Waals surface area (Å²) in [6, 6.07) is 9.47. The Kier molecular flexibility index (Phi) is 5.93. The zero-order chi connectivity index (χ0) is 20.8. The van der Waals surface area contributed by atoms with Gasteiger partial charge in [-0.3, -0.25) is 14.7 Å². The van der Waals surface area contributed by atoms with Gasteiger partial charge in [0.25, 0.3) is 0 Å². The van der Waals surface area contributed by atoms with E-state index in [4.69, 9.17) is 9.84 Å². The van der Waals surface area contributed by atoms with Crippen molar-refractivity contribution in [2.75, 3.05) is 18.9 Å². The molecule has 10 nitrogen and oxygen atoms in total. The summed E-state index contributed by atoms with van der Waals surface area (Å²) in [6.45, 7) is 0.00702. The molecule has 0 aliphatic rings. The fourth-order valence-electron chi connectivity index (χ4n) is 2.60. The number of benzene rings is 1. The number of carbonyl (C=O) groups excluding carboxylic acids is 2. The van der Waals surface area contributed by atoms with Crippen molar-refractivity contribution in [3.8, 4) is 11.5 Å². The van der Waals surface area contributed by atoms with Gasteiger partial charge in [-0.15, -0.1) is 0 Å². The zero-order valence-electron chi connectivity index (χ0n) is 15.5. The third-order valence-electron chi connectivity index (χ3n) is 3.93. The van der Waals surface area contributed by atoms with Crippen molar-refractivity contribution < 1.29 is 24.2 Å². The summed E-state index contributed by atoms with van der Waals surface area (Å²) >= 11 is 0. The first-order valence-electron chi connectivity index (χ1n) is 8.70. The maximum Gasteiger partial charge on any atom is 0.325 e. The molecule has 0 fully saturated rings. The Balaban J connectivity index is 1.67. The van der Waals surface area contributed by atoms with E-state index in [1.165, 1.54) is 16.8 Å². The molecule has 10 heteroatoms. The highest BCUT2D eigenvalue weighted by atomic mass is 16.5. The quantitative estimate of drug-likeness (QED) is 0.505. The van der Waals surface area contributed by atoms with E-state index in [-0.39, 0.29) is 24.8 Å². The predicted molar refractivity (Wildman–Crippen MR) is 105 cm³/mol. The molecule has 3 amide bonds. The molecule has 0 atom stereocenters. The van der Waals surface area contributed by atoms with Gasteiger partial charge in [0.1, 0.15) is 17.3 Å².